The Balaban J connectivity index is 1.89. The van der Waals surface area contributed by atoms with Gasteiger partial charge in [0, 0.05) is 17.7 Å². The summed E-state index contributed by atoms with van der Waals surface area (Å²) in [5.74, 6) is 1.01. The lowest BCUT2D eigenvalue weighted by Gasteiger charge is -2.14. The molecule has 2 amide bonds. The molecule has 0 aliphatic rings. The number of rotatable bonds is 3. The topological polar surface area (TPSA) is 84.7 Å². The van der Waals surface area contributed by atoms with Gasteiger partial charge in [0.15, 0.2) is 0 Å². The van der Waals surface area contributed by atoms with E-state index in [2.05, 4.69) is 46.5 Å². The molecule has 0 radical (unpaired) electrons. The Labute approximate surface area is 146 Å². The Hall–Kier alpha value is -3.22. The Morgan fingerprint density at radius 2 is 1.84 bits per heavy atom. The van der Waals surface area contributed by atoms with Crippen LogP contribution in [0.1, 0.15) is 26.5 Å². The first-order valence-electron chi connectivity index (χ1n) is 7.93. The van der Waals surface area contributed by atoms with Crippen LogP contribution in [0.3, 0.4) is 0 Å². The highest BCUT2D eigenvalue weighted by Crippen LogP contribution is 2.26. The van der Waals surface area contributed by atoms with Crippen LogP contribution < -0.4 is 10.6 Å². The average Bonchev–Trinajstić information content (AvgIpc) is 3.00. The van der Waals surface area contributed by atoms with E-state index in [4.69, 9.17) is 0 Å². The summed E-state index contributed by atoms with van der Waals surface area (Å²) >= 11 is 0. The predicted molar refractivity (Wildman–Crippen MR) is 96.9 cm³/mol. The van der Waals surface area contributed by atoms with E-state index < -0.39 is 6.03 Å². The van der Waals surface area contributed by atoms with Gasteiger partial charge in [0.1, 0.15) is 18.0 Å². The third-order valence-corrected chi connectivity index (χ3v) is 3.54. The monoisotopic (exact) mass is 336 g/mol. The Morgan fingerprint density at radius 3 is 2.48 bits per heavy atom. The van der Waals surface area contributed by atoms with Crippen molar-refractivity contribution < 1.29 is 4.79 Å². The maximum absolute atomic E-state index is 12.3. The molecule has 7 nitrogen and oxygen atoms in total. The number of carbonyl (C=O) groups excluding carboxylic acids is 1. The van der Waals surface area contributed by atoms with Crippen molar-refractivity contribution in [3.63, 3.8) is 0 Å². The summed E-state index contributed by atoms with van der Waals surface area (Å²) in [4.78, 5) is 20.1. The minimum absolute atomic E-state index is 0.139. The lowest BCUT2D eigenvalue weighted by molar-refractivity contribution is 0.262. The molecule has 25 heavy (non-hydrogen) atoms. The van der Waals surface area contributed by atoms with Crippen molar-refractivity contribution in [3.8, 4) is 5.69 Å². The van der Waals surface area contributed by atoms with Crippen molar-refractivity contribution in [2.75, 3.05) is 10.6 Å². The number of benzene rings is 1. The molecule has 0 aliphatic carbocycles. The molecule has 3 aromatic rings. The fraction of sp³-hybridized carbons (Fsp3) is 0.222. The first-order chi connectivity index (χ1) is 11.9. The molecule has 3 rings (SSSR count). The highest BCUT2D eigenvalue weighted by atomic mass is 16.2. The maximum atomic E-state index is 12.3. The van der Waals surface area contributed by atoms with E-state index in [9.17, 15) is 4.79 Å². The number of urea groups is 1. The van der Waals surface area contributed by atoms with Crippen molar-refractivity contribution in [2.45, 2.75) is 26.2 Å². The molecule has 0 aliphatic heterocycles. The Kier molecular flexibility index (Phi) is 4.47. The minimum atomic E-state index is -0.392. The van der Waals surface area contributed by atoms with Gasteiger partial charge < -0.3 is 0 Å². The third-order valence-electron chi connectivity index (χ3n) is 3.54. The number of nitrogens with one attached hydrogen (secondary N) is 2. The molecule has 0 unspecified atom stereocenters. The number of amides is 2. The minimum Gasteiger partial charge on any atom is -0.292 e. The molecule has 0 atom stereocenters. The van der Waals surface area contributed by atoms with E-state index in [0.717, 1.165) is 11.4 Å². The second-order valence-corrected chi connectivity index (χ2v) is 6.59. The SMILES string of the molecule is CC(C)(C)c1cc(NC(=O)Nc2ccncn2)n(-c2ccccc2)n1. The molecule has 2 aromatic heterocycles. The predicted octanol–water partition coefficient (Wildman–Crippen LogP) is 3.60. The standard InChI is InChI=1S/C18H20N6O/c1-18(2,3)14-11-16(24(23-14)13-7-5-4-6-8-13)22-17(25)21-15-9-10-19-12-20-15/h4-12H,1-3H3,(H2,19,20,21,22,25). The van der Waals surface area contributed by atoms with Crippen molar-refractivity contribution in [1.29, 1.82) is 0 Å². The third kappa shape index (κ3) is 4.00. The summed E-state index contributed by atoms with van der Waals surface area (Å²) in [6, 6.07) is 12.8. The van der Waals surface area contributed by atoms with E-state index >= 15 is 0 Å². The summed E-state index contributed by atoms with van der Waals surface area (Å²) in [6.45, 7) is 6.24. The number of nitrogens with zero attached hydrogens (tertiary/aromatic N) is 4. The zero-order valence-corrected chi connectivity index (χ0v) is 14.4. The number of anilines is 2. The van der Waals surface area contributed by atoms with Crippen LogP contribution in [-0.2, 0) is 5.41 Å². The van der Waals surface area contributed by atoms with Gasteiger partial charge in [-0.15, -0.1) is 0 Å². The number of hydrogen-bond donors (Lipinski definition) is 2. The zero-order chi connectivity index (χ0) is 17.9. The van der Waals surface area contributed by atoms with Crippen molar-refractivity contribution in [2.24, 2.45) is 0 Å². The van der Waals surface area contributed by atoms with Gasteiger partial charge in [-0.2, -0.15) is 5.10 Å². The van der Waals surface area contributed by atoms with Crippen LogP contribution in [0, 0.1) is 0 Å². The van der Waals surface area contributed by atoms with Crippen LogP contribution >= 0.6 is 0 Å². The fourth-order valence-corrected chi connectivity index (χ4v) is 2.23. The first-order valence-corrected chi connectivity index (χ1v) is 7.93. The van der Waals surface area contributed by atoms with Gasteiger partial charge in [-0.1, -0.05) is 39.0 Å². The van der Waals surface area contributed by atoms with E-state index in [0.29, 0.717) is 11.6 Å². The van der Waals surface area contributed by atoms with Crippen LogP contribution in [0.25, 0.3) is 5.69 Å². The molecular weight excluding hydrogens is 316 g/mol. The molecule has 0 bridgehead atoms. The van der Waals surface area contributed by atoms with E-state index in [1.165, 1.54) is 6.33 Å². The van der Waals surface area contributed by atoms with Gasteiger partial charge in [-0.25, -0.2) is 19.4 Å². The first kappa shape index (κ1) is 16.6. The summed E-state index contributed by atoms with van der Waals surface area (Å²) in [5.41, 5.74) is 1.61. The highest BCUT2D eigenvalue weighted by molar-refractivity contribution is 5.98. The molecule has 0 spiro atoms. The Morgan fingerprint density at radius 1 is 1.08 bits per heavy atom. The Bertz CT molecular complexity index is 852. The largest absolute Gasteiger partial charge is 0.326 e. The van der Waals surface area contributed by atoms with Crippen LogP contribution in [0.15, 0.2) is 55.0 Å². The average molecular weight is 336 g/mol. The molecule has 1 aromatic carbocycles. The normalized spacial score (nSPS) is 11.2. The second kappa shape index (κ2) is 6.72. The molecular formula is C18H20N6O. The van der Waals surface area contributed by atoms with Gasteiger partial charge in [0.25, 0.3) is 0 Å². The summed E-state index contributed by atoms with van der Waals surface area (Å²) in [6.07, 6.45) is 2.94. The molecule has 2 heterocycles. The second-order valence-electron chi connectivity index (χ2n) is 6.59. The number of para-hydroxylation sites is 1. The van der Waals surface area contributed by atoms with Gasteiger partial charge >= 0.3 is 6.03 Å². The maximum Gasteiger partial charge on any atom is 0.326 e. The van der Waals surface area contributed by atoms with Gasteiger partial charge in [0.05, 0.1) is 11.4 Å². The van der Waals surface area contributed by atoms with E-state index in [1.54, 1.807) is 16.9 Å². The number of carbonyl (C=O) groups is 1. The van der Waals surface area contributed by atoms with Crippen molar-refractivity contribution in [1.82, 2.24) is 19.7 Å². The molecule has 0 saturated carbocycles. The molecule has 2 N–H and O–H groups in total. The quantitative estimate of drug-likeness (QED) is 0.765. The van der Waals surface area contributed by atoms with Crippen LogP contribution in [0.2, 0.25) is 0 Å². The lowest BCUT2D eigenvalue weighted by atomic mass is 9.92. The molecule has 7 heteroatoms. The smallest absolute Gasteiger partial charge is 0.292 e. The van der Waals surface area contributed by atoms with Crippen LogP contribution in [-0.4, -0.2) is 25.8 Å². The highest BCUT2D eigenvalue weighted by Gasteiger charge is 2.21. The molecule has 128 valence electrons. The van der Waals surface area contributed by atoms with Gasteiger partial charge in [0.2, 0.25) is 0 Å². The zero-order valence-electron chi connectivity index (χ0n) is 14.4. The molecule has 0 fully saturated rings. The number of aromatic nitrogens is 4. The van der Waals surface area contributed by atoms with Crippen LogP contribution in [0.5, 0.6) is 0 Å². The fourth-order valence-electron chi connectivity index (χ4n) is 2.23. The van der Waals surface area contributed by atoms with Crippen molar-refractivity contribution in [3.05, 3.63) is 60.7 Å². The lowest BCUT2D eigenvalue weighted by Crippen LogP contribution is -2.21. The van der Waals surface area contributed by atoms with Crippen molar-refractivity contribution >= 4 is 17.7 Å². The van der Waals surface area contributed by atoms with Gasteiger partial charge in [-0.05, 0) is 18.2 Å². The number of hydrogen-bond acceptors (Lipinski definition) is 4. The van der Waals surface area contributed by atoms with Crippen LogP contribution in [0.4, 0.5) is 16.4 Å². The summed E-state index contributed by atoms with van der Waals surface area (Å²) in [7, 11) is 0. The summed E-state index contributed by atoms with van der Waals surface area (Å²) in [5, 5.41) is 10.2. The molecule has 0 saturated heterocycles. The van der Waals surface area contributed by atoms with Gasteiger partial charge in [-0.3, -0.25) is 10.6 Å². The van der Waals surface area contributed by atoms with E-state index in [1.807, 2.05) is 36.4 Å². The summed E-state index contributed by atoms with van der Waals surface area (Å²) < 4.78 is 1.72. The van der Waals surface area contributed by atoms with E-state index in [-0.39, 0.29) is 5.41 Å².